The van der Waals surface area contributed by atoms with Gasteiger partial charge in [-0.05, 0) is 43.0 Å². The number of carbonyl (C=O) groups excluding carboxylic acids is 1. The zero-order valence-corrected chi connectivity index (χ0v) is 17.2. The third-order valence-corrected chi connectivity index (χ3v) is 5.82. The number of amides is 1. The minimum absolute atomic E-state index is 0.0750. The molecule has 0 saturated carbocycles. The Labute approximate surface area is 173 Å². The van der Waals surface area contributed by atoms with Crippen LogP contribution in [0.1, 0.15) is 29.5 Å². The predicted molar refractivity (Wildman–Crippen MR) is 113 cm³/mol. The van der Waals surface area contributed by atoms with Gasteiger partial charge in [0, 0.05) is 11.3 Å². The lowest BCUT2D eigenvalue weighted by atomic mass is 10.1. The fraction of sp³-hybridized carbons (Fsp3) is 0.238. The van der Waals surface area contributed by atoms with Gasteiger partial charge in [0.15, 0.2) is 0 Å². The van der Waals surface area contributed by atoms with Crippen molar-refractivity contribution in [3.63, 3.8) is 0 Å². The maximum absolute atomic E-state index is 13.0. The lowest BCUT2D eigenvalue weighted by Crippen LogP contribution is -3.09. The molecular formula is C21H23N5O2S. The van der Waals surface area contributed by atoms with Gasteiger partial charge in [0.05, 0.1) is 36.2 Å². The quantitative estimate of drug-likeness (QED) is 0.614. The average molecular weight is 410 g/mol. The van der Waals surface area contributed by atoms with Crippen molar-refractivity contribution in [2.45, 2.75) is 26.8 Å². The predicted octanol–water partition coefficient (Wildman–Crippen LogP) is 2.55. The van der Waals surface area contributed by atoms with Crippen molar-refractivity contribution in [2.75, 3.05) is 6.54 Å². The van der Waals surface area contributed by atoms with Gasteiger partial charge in [-0.2, -0.15) is 0 Å². The summed E-state index contributed by atoms with van der Waals surface area (Å²) in [7, 11) is 0. The van der Waals surface area contributed by atoms with Gasteiger partial charge in [0.25, 0.3) is 5.82 Å². The first-order valence-corrected chi connectivity index (χ1v) is 10.4. The minimum atomic E-state index is -0.172. The number of fused-ring (bicyclic) bond motifs is 1. The van der Waals surface area contributed by atoms with Gasteiger partial charge >= 0.3 is 0 Å². The molecule has 1 unspecified atom stereocenters. The van der Waals surface area contributed by atoms with E-state index in [-0.39, 0.29) is 17.5 Å². The molecule has 0 spiro atoms. The molecule has 0 aliphatic carbocycles. The molecule has 0 bridgehead atoms. The van der Waals surface area contributed by atoms with Crippen LogP contribution in [0, 0.1) is 12.1 Å². The molecule has 3 heterocycles. The third-order valence-electron chi connectivity index (χ3n) is 4.94. The smallest absolute Gasteiger partial charge is 0.277 e. The highest BCUT2D eigenvalue weighted by atomic mass is 32.1. The molecule has 1 aliphatic heterocycles. The average Bonchev–Trinajstić information content (AvgIpc) is 3.37. The Kier molecular flexibility index (Phi) is 5.48. The minimum Gasteiger partial charge on any atom is -0.601 e. The van der Waals surface area contributed by atoms with Gasteiger partial charge in [-0.25, -0.2) is 14.9 Å². The van der Waals surface area contributed by atoms with Crippen molar-refractivity contribution in [3.05, 3.63) is 75.4 Å². The molecule has 7 nitrogen and oxygen atoms in total. The summed E-state index contributed by atoms with van der Waals surface area (Å²) in [5, 5.41) is 23.9. The number of para-hydroxylation sites is 1. The van der Waals surface area contributed by atoms with Crippen LogP contribution < -0.4 is 10.5 Å². The highest BCUT2D eigenvalue weighted by Crippen LogP contribution is 2.29. The van der Waals surface area contributed by atoms with Crippen molar-refractivity contribution < 1.29 is 9.97 Å². The van der Waals surface area contributed by atoms with Crippen LogP contribution in [0.2, 0.25) is 0 Å². The Hall–Kier alpha value is -2.94. The van der Waals surface area contributed by atoms with Crippen LogP contribution >= 0.6 is 11.3 Å². The molecule has 1 aromatic carbocycles. The molecular weight excluding hydrogens is 386 g/mol. The first-order valence-electron chi connectivity index (χ1n) is 9.48. The second kappa shape index (κ2) is 8.20. The van der Waals surface area contributed by atoms with E-state index in [0.717, 1.165) is 27.4 Å². The number of nitrogens with zero attached hydrogens (tertiary/aromatic N) is 3. The standard InChI is InChI=1S/C21H23N5O2S/c1-15-14-24(11-10-19(27)22-13-18-9-6-12-29-18)26(28)21-20(15)16(2)25(23-21)17-7-4-3-5-8-17/h3-9,12,14,26H,10-11,13H2,1-2H3,(H,22,27). The number of hydrogen-bond acceptors (Lipinski definition) is 5. The van der Waals surface area contributed by atoms with Crippen LogP contribution in [0.3, 0.4) is 0 Å². The molecule has 2 N–H and O–H groups in total. The lowest BCUT2D eigenvalue weighted by Gasteiger charge is -2.34. The van der Waals surface area contributed by atoms with E-state index in [4.69, 9.17) is 0 Å². The molecule has 4 rings (SSSR count). The van der Waals surface area contributed by atoms with Crippen molar-refractivity contribution in [1.29, 1.82) is 0 Å². The van der Waals surface area contributed by atoms with Crippen LogP contribution in [-0.4, -0.2) is 27.2 Å². The number of allylic oxidation sites excluding steroid dienone is 1. The number of aromatic nitrogens is 2. The van der Waals surface area contributed by atoms with Crippen LogP contribution in [0.5, 0.6) is 0 Å². The van der Waals surface area contributed by atoms with Crippen molar-refractivity contribution in [1.82, 2.24) is 20.1 Å². The van der Waals surface area contributed by atoms with Crippen LogP contribution in [0.15, 0.2) is 54.0 Å². The largest absolute Gasteiger partial charge is 0.601 e. The highest BCUT2D eigenvalue weighted by Gasteiger charge is 2.30. The van der Waals surface area contributed by atoms with Gasteiger partial charge in [-0.1, -0.05) is 24.3 Å². The highest BCUT2D eigenvalue weighted by molar-refractivity contribution is 7.09. The molecule has 0 radical (unpaired) electrons. The summed E-state index contributed by atoms with van der Waals surface area (Å²) in [6, 6.07) is 13.7. The van der Waals surface area contributed by atoms with E-state index < -0.39 is 0 Å². The normalized spacial score (nSPS) is 15.8. The summed E-state index contributed by atoms with van der Waals surface area (Å²) in [5.74, 6) is 0.361. The van der Waals surface area contributed by atoms with E-state index in [9.17, 15) is 10.0 Å². The third kappa shape index (κ3) is 3.95. The zero-order valence-electron chi connectivity index (χ0n) is 16.4. The van der Waals surface area contributed by atoms with Gasteiger partial charge in [-0.15, -0.1) is 16.4 Å². The van der Waals surface area contributed by atoms with E-state index in [1.54, 1.807) is 21.0 Å². The van der Waals surface area contributed by atoms with Gasteiger partial charge in [0.1, 0.15) is 0 Å². The number of hydrogen-bond donors (Lipinski definition) is 2. The molecule has 0 fully saturated rings. The zero-order chi connectivity index (χ0) is 20.4. The molecule has 2 aromatic heterocycles. The first-order chi connectivity index (χ1) is 14.0. The molecule has 3 aromatic rings. The van der Waals surface area contributed by atoms with Gasteiger partial charge in [0.2, 0.25) is 5.91 Å². The Morgan fingerprint density at radius 2 is 2.00 bits per heavy atom. The lowest BCUT2D eigenvalue weighted by molar-refractivity contribution is -0.905. The molecule has 150 valence electrons. The van der Waals surface area contributed by atoms with Gasteiger partial charge < -0.3 is 10.5 Å². The molecule has 0 saturated heterocycles. The Bertz CT molecular complexity index is 1030. The van der Waals surface area contributed by atoms with E-state index >= 15 is 0 Å². The first kappa shape index (κ1) is 19.4. The van der Waals surface area contributed by atoms with Crippen LogP contribution in [0.25, 0.3) is 11.3 Å². The fourth-order valence-electron chi connectivity index (χ4n) is 3.51. The number of thiophene rings is 1. The maximum Gasteiger partial charge on any atom is 0.277 e. The van der Waals surface area contributed by atoms with Crippen molar-refractivity contribution in [2.24, 2.45) is 0 Å². The Morgan fingerprint density at radius 3 is 2.72 bits per heavy atom. The Balaban J connectivity index is 1.46. The molecule has 29 heavy (non-hydrogen) atoms. The summed E-state index contributed by atoms with van der Waals surface area (Å²) < 4.78 is 1.80. The second-order valence-corrected chi connectivity index (χ2v) is 8.01. The number of rotatable bonds is 6. The number of nitrogens with one attached hydrogen (secondary N) is 2. The SMILES string of the molecule is CC1=CN(CCC(=O)NCc2cccs2)[NH+]([O-])c2nn(-c3ccccc3)c(C)c21. The summed E-state index contributed by atoms with van der Waals surface area (Å²) in [6.45, 7) is 4.78. The molecule has 8 heteroatoms. The van der Waals surface area contributed by atoms with E-state index in [2.05, 4.69) is 10.4 Å². The van der Waals surface area contributed by atoms with E-state index in [1.165, 1.54) is 0 Å². The number of carbonyl (C=O) groups is 1. The van der Waals surface area contributed by atoms with E-state index in [1.807, 2.05) is 67.9 Å². The Morgan fingerprint density at radius 1 is 1.21 bits per heavy atom. The molecule has 1 amide bonds. The second-order valence-electron chi connectivity index (χ2n) is 6.97. The maximum atomic E-state index is 13.0. The molecule has 1 atom stereocenters. The molecule has 1 aliphatic rings. The van der Waals surface area contributed by atoms with Crippen molar-refractivity contribution in [3.8, 4) is 5.69 Å². The van der Waals surface area contributed by atoms with E-state index in [0.29, 0.717) is 18.9 Å². The summed E-state index contributed by atoms with van der Waals surface area (Å²) >= 11 is 1.61. The monoisotopic (exact) mass is 409 g/mol. The number of quaternary nitrogens is 1. The fourth-order valence-corrected chi connectivity index (χ4v) is 4.16. The van der Waals surface area contributed by atoms with Crippen LogP contribution in [-0.2, 0) is 11.3 Å². The number of benzene rings is 1. The van der Waals surface area contributed by atoms with Crippen molar-refractivity contribution >= 4 is 28.6 Å². The van der Waals surface area contributed by atoms with Gasteiger partial charge in [-0.3, -0.25) is 4.79 Å². The summed E-state index contributed by atoms with van der Waals surface area (Å²) in [6.07, 6.45) is 2.07. The summed E-state index contributed by atoms with van der Waals surface area (Å²) in [5.41, 5.74) is 3.69. The topological polar surface area (TPSA) is 77.7 Å². The summed E-state index contributed by atoms with van der Waals surface area (Å²) in [4.78, 5) is 13.3. The van der Waals surface area contributed by atoms with Crippen LogP contribution in [0.4, 0.5) is 5.82 Å².